The molecule has 3 aromatic carbocycles. The third kappa shape index (κ3) is 5.39. The number of ketones is 1. The average molecular weight is 555 g/mol. The van der Waals surface area contributed by atoms with E-state index in [9.17, 15) is 18.4 Å². The monoisotopic (exact) mass is 553 g/mol. The highest BCUT2D eigenvalue weighted by Crippen LogP contribution is 2.65. The highest BCUT2D eigenvalue weighted by atomic mass is 35.5. The second-order valence-corrected chi connectivity index (χ2v) is 10.4. The van der Waals surface area contributed by atoms with Gasteiger partial charge in [0.1, 0.15) is 16.0 Å². The third-order valence-electron chi connectivity index (χ3n) is 5.79. The molecule has 0 saturated heterocycles. The number of anilines is 1. The van der Waals surface area contributed by atoms with Gasteiger partial charge >= 0.3 is 0 Å². The van der Waals surface area contributed by atoms with Gasteiger partial charge in [-0.05, 0) is 53.6 Å². The topological polar surface area (TPSA) is 46.2 Å². The smallest absolute Gasteiger partial charge is 0.231 e. The Kier molecular flexibility index (Phi) is 7.26. The first-order valence-corrected chi connectivity index (χ1v) is 11.9. The molecule has 35 heavy (non-hydrogen) atoms. The van der Waals surface area contributed by atoms with Gasteiger partial charge < -0.3 is 5.32 Å². The molecular weight excluding hydrogens is 538 g/mol. The van der Waals surface area contributed by atoms with Crippen molar-refractivity contribution in [2.24, 2.45) is 5.92 Å². The third-order valence-corrected chi connectivity index (χ3v) is 7.39. The number of rotatable bonds is 7. The summed E-state index contributed by atoms with van der Waals surface area (Å²) >= 11 is 25.0. The largest absolute Gasteiger partial charge is 0.326 e. The molecule has 1 aliphatic carbocycles. The second-order valence-electron chi connectivity index (χ2n) is 8.18. The maximum atomic E-state index is 13.7. The summed E-state index contributed by atoms with van der Waals surface area (Å²) in [5.41, 5.74) is 1.79. The van der Waals surface area contributed by atoms with Gasteiger partial charge in [-0.15, -0.1) is 23.2 Å². The van der Waals surface area contributed by atoms with Gasteiger partial charge in [0.05, 0.1) is 16.0 Å². The van der Waals surface area contributed by atoms with Gasteiger partial charge in [0.2, 0.25) is 5.91 Å². The zero-order valence-electron chi connectivity index (χ0n) is 17.9. The molecule has 0 aromatic heterocycles. The first-order chi connectivity index (χ1) is 16.5. The van der Waals surface area contributed by atoms with Gasteiger partial charge in [-0.2, -0.15) is 0 Å². The fraction of sp³-hybridized carbons (Fsp3) is 0.154. The van der Waals surface area contributed by atoms with Gasteiger partial charge in [-0.3, -0.25) is 9.59 Å². The van der Waals surface area contributed by atoms with Crippen molar-refractivity contribution in [3.05, 3.63) is 105 Å². The van der Waals surface area contributed by atoms with Crippen LogP contribution in [0.5, 0.6) is 0 Å². The highest BCUT2D eigenvalue weighted by molar-refractivity contribution is 6.53. The molecule has 1 N–H and O–H groups in total. The Morgan fingerprint density at radius 2 is 1.57 bits per heavy atom. The molecule has 0 radical (unpaired) electrons. The summed E-state index contributed by atoms with van der Waals surface area (Å²) in [4.78, 5) is 25.8. The van der Waals surface area contributed by atoms with Gasteiger partial charge in [0.25, 0.3) is 0 Å². The van der Waals surface area contributed by atoms with Crippen LogP contribution in [0.4, 0.5) is 14.5 Å². The maximum absolute atomic E-state index is 13.7. The minimum absolute atomic E-state index is 0.00727. The number of amides is 1. The van der Waals surface area contributed by atoms with Crippen molar-refractivity contribution in [2.45, 2.75) is 16.7 Å². The fourth-order valence-corrected chi connectivity index (χ4v) is 5.20. The Morgan fingerprint density at radius 1 is 0.943 bits per heavy atom. The van der Waals surface area contributed by atoms with Crippen molar-refractivity contribution in [2.75, 3.05) is 5.32 Å². The molecule has 4 rings (SSSR count). The zero-order chi connectivity index (χ0) is 25.5. The highest BCUT2D eigenvalue weighted by Gasteiger charge is 2.67. The molecule has 1 amide bonds. The summed E-state index contributed by atoms with van der Waals surface area (Å²) in [6, 6.07) is 14.7. The van der Waals surface area contributed by atoms with E-state index < -0.39 is 33.7 Å². The molecule has 1 aliphatic rings. The number of benzene rings is 3. The standard InChI is InChI=1S/C26H17Cl4F2NO2/c1-13(31)18-11-15(4-8-20(18)27)23-24(26(23,29)30)25(35)33-17-7-9-21(28)19(12-17)22(34)10-14-2-5-16(32)6-3-14/h2-9,11-12,23-24H,1,10H2,(H,33,35). The van der Waals surface area contributed by atoms with Crippen molar-refractivity contribution in [3.63, 3.8) is 0 Å². The molecule has 0 heterocycles. The molecule has 3 aromatic rings. The van der Waals surface area contributed by atoms with Crippen LogP contribution in [-0.2, 0) is 11.2 Å². The molecule has 1 saturated carbocycles. The molecule has 1 fully saturated rings. The normalized spacial score (nSPS) is 18.1. The van der Waals surface area contributed by atoms with Crippen molar-refractivity contribution < 1.29 is 18.4 Å². The minimum Gasteiger partial charge on any atom is -0.326 e. The van der Waals surface area contributed by atoms with E-state index >= 15 is 0 Å². The first-order valence-electron chi connectivity index (χ1n) is 10.4. The van der Waals surface area contributed by atoms with Crippen LogP contribution in [0, 0.1) is 11.7 Å². The number of hydrogen-bond acceptors (Lipinski definition) is 2. The van der Waals surface area contributed by atoms with Crippen LogP contribution in [0.25, 0.3) is 5.83 Å². The Labute approximate surface area is 220 Å². The lowest BCUT2D eigenvalue weighted by Crippen LogP contribution is -2.17. The number of carbonyl (C=O) groups excluding carboxylic acids is 2. The first kappa shape index (κ1) is 25.6. The summed E-state index contributed by atoms with van der Waals surface area (Å²) in [6.07, 6.45) is 0.00727. The lowest BCUT2D eigenvalue weighted by atomic mass is 10.0. The summed E-state index contributed by atoms with van der Waals surface area (Å²) in [7, 11) is 0. The quantitative estimate of drug-likeness (QED) is 0.237. The van der Waals surface area contributed by atoms with Gasteiger partial charge in [-0.25, -0.2) is 8.78 Å². The van der Waals surface area contributed by atoms with Crippen LogP contribution in [0.1, 0.15) is 33.0 Å². The summed E-state index contributed by atoms with van der Waals surface area (Å²) < 4.78 is 25.4. The van der Waals surface area contributed by atoms with Crippen LogP contribution < -0.4 is 5.32 Å². The SMILES string of the molecule is C=C(F)c1cc(C2C(C(=O)Nc3ccc(Cl)c(C(=O)Cc4ccc(F)cc4)c3)C2(Cl)Cl)ccc1Cl. The van der Waals surface area contributed by atoms with E-state index in [1.807, 2.05) is 0 Å². The number of halogens is 6. The molecule has 180 valence electrons. The van der Waals surface area contributed by atoms with E-state index in [0.29, 0.717) is 16.8 Å². The molecule has 2 unspecified atom stereocenters. The second kappa shape index (κ2) is 9.90. The Bertz CT molecular complexity index is 1340. The van der Waals surface area contributed by atoms with E-state index in [2.05, 4.69) is 11.9 Å². The van der Waals surface area contributed by atoms with Crippen LogP contribution in [0.2, 0.25) is 10.0 Å². The van der Waals surface area contributed by atoms with Crippen LogP contribution in [-0.4, -0.2) is 16.0 Å². The number of Topliss-reactive ketones (excluding diaryl/α,β-unsaturated/α-hetero) is 1. The van der Waals surface area contributed by atoms with Crippen LogP contribution in [0.15, 0.2) is 67.2 Å². The molecule has 9 heteroatoms. The number of alkyl halides is 2. The number of hydrogen-bond donors (Lipinski definition) is 1. The van der Waals surface area contributed by atoms with Crippen LogP contribution >= 0.6 is 46.4 Å². The fourth-order valence-electron chi connectivity index (χ4n) is 3.93. The Balaban J connectivity index is 1.51. The average Bonchev–Trinajstić information content (AvgIpc) is 3.38. The lowest BCUT2D eigenvalue weighted by molar-refractivity contribution is -0.117. The Hall–Kier alpha value is -2.44. The van der Waals surface area contributed by atoms with Gasteiger partial charge in [0, 0.05) is 29.2 Å². The number of carbonyl (C=O) groups is 2. The molecule has 0 spiro atoms. The van der Waals surface area contributed by atoms with Crippen molar-refractivity contribution in [1.82, 2.24) is 0 Å². The van der Waals surface area contributed by atoms with Crippen LogP contribution in [0.3, 0.4) is 0 Å². The molecule has 0 aliphatic heterocycles. The van der Waals surface area contributed by atoms with E-state index in [1.165, 1.54) is 48.5 Å². The van der Waals surface area contributed by atoms with Crippen molar-refractivity contribution in [1.29, 1.82) is 0 Å². The van der Waals surface area contributed by atoms with Gasteiger partial charge in [0.15, 0.2) is 5.78 Å². The number of nitrogens with one attached hydrogen (secondary N) is 1. The predicted molar refractivity (Wildman–Crippen MR) is 137 cm³/mol. The van der Waals surface area contributed by atoms with E-state index in [0.717, 1.165) is 0 Å². The predicted octanol–water partition coefficient (Wildman–Crippen LogP) is 8.02. The molecule has 2 atom stereocenters. The Morgan fingerprint density at radius 3 is 2.23 bits per heavy atom. The van der Waals surface area contributed by atoms with Crippen molar-refractivity contribution >= 4 is 69.6 Å². The molecule has 3 nitrogen and oxygen atoms in total. The summed E-state index contributed by atoms with van der Waals surface area (Å²) in [6.45, 7) is 3.26. The summed E-state index contributed by atoms with van der Waals surface area (Å²) in [5, 5.41) is 3.10. The minimum atomic E-state index is -1.42. The zero-order valence-corrected chi connectivity index (χ0v) is 21.0. The lowest BCUT2D eigenvalue weighted by Gasteiger charge is -2.09. The van der Waals surface area contributed by atoms with E-state index in [4.69, 9.17) is 46.4 Å². The van der Waals surface area contributed by atoms with Crippen molar-refractivity contribution in [3.8, 4) is 0 Å². The summed E-state index contributed by atoms with van der Waals surface area (Å²) in [5.74, 6) is -3.33. The van der Waals surface area contributed by atoms with Gasteiger partial charge in [-0.1, -0.05) is 48.0 Å². The van der Waals surface area contributed by atoms with E-state index in [-0.39, 0.29) is 33.4 Å². The molecular formula is C26H17Cl4F2NO2. The van der Waals surface area contributed by atoms with E-state index in [1.54, 1.807) is 12.1 Å². The maximum Gasteiger partial charge on any atom is 0.231 e. The molecule has 0 bridgehead atoms.